The van der Waals surface area contributed by atoms with E-state index in [0.29, 0.717) is 32.6 Å². The van der Waals surface area contributed by atoms with E-state index in [-0.39, 0.29) is 23.4 Å². The molecule has 3 saturated heterocycles. The second-order valence-electron chi connectivity index (χ2n) is 8.05. The number of carbonyl (C=O) groups excluding carboxylic acids is 2. The number of benzene rings is 1. The van der Waals surface area contributed by atoms with E-state index in [2.05, 4.69) is 10.2 Å². The average molecular weight is 421 g/mol. The molecule has 3 aliphatic rings. The Bertz CT molecular complexity index is 874. The van der Waals surface area contributed by atoms with Crippen molar-refractivity contribution in [2.45, 2.75) is 19.3 Å². The molecular formula is C20H28N4O4S. The van der Waals surface area contributed by atoms with E-state index in [9.17, 15) is 18.0 Å². The molecule has 1 atom stereocenters. The van der Waals surface area contributed by atoms with Gasteiger partial charge in [-0.25, -0.2) is 13.2 Å². The number of carbonyl (C=O) groups is 2. The highest BCUT2D eigenvalue weighted by Crippen LogP contribution is 2.29. The molecule has 1 N–H and O–H groups in total. The molecule has 0 unspecified atom stereocenters. The Hall–Kier alpha value is -2.29. The molecule has 4 rings (SSSR count). The fraction of sp³-hybridized carbons (Fsp3) is 0.600. The molecular weight excluding hydrogens is 392 g/mol. The number of urea groups is 1. The lowest BCUT2D eigenvalue weighted by Crippen LogP contribution is -2.53. The average Bonchev–Trinajstić information content (AvgIpc) is 3.37. The van der Waals surface area contributed by atoms with Crippen LogP contribution in [0, 0.1) is 5.92 Å². The summed E-state index contributed by atoms with van der Waals surface area (Å²) in [4.78, 5) is 31.1. The third-order valence-corrected chi connectivity index (χ3v) is 7.82. The van der Waals surface area contributed by atoms with E-state index in [1.54, 1.807) is 9.80 Å². The molecule has 3 amide bonds. The van der Waals surface area contributed by atoms with Crippen molar-refractivity contribution in [2.24, 2.45) is 5.92 Å². The van der Waals surface area contributed by atoms with Crippen LogP contribution in [0.2, 0.25) is 0 Å². The first-order chi connectivity index (χ1) is 13.9. The van der Waals surface area contributed by atoms with Crippen LogP contribution in [0.3, 0.4) is 0 Å². The SMILES string of the molecule is O=C(Nc1ccccc1N1CCCC1)N1CCN(C(=O)[C@@H]2CCS(=O)(=O)C2)CC1. The molecule has 0 spiro atoms. The molecule has 8 nitrogen and oxygen atoms in total. The number of rotatable bonds is 3. The van der Waals surface area contributed by atoms with Crippen molar-refractivity contribution in [3.8, 4) is 0 Å². The normalized spacial score (nSPS) is 24.0. The summed E-state index contributed by atoms with van der Waals surface area (Å²) < 4.78 is 23.3. The third kappa shape index (κ3) is 4.49. The summed E-state index contributed by atoms with van der Waals surface area (Å²) in [6.07, 6.45) is 2.75. The van der Waals surface area contributed by atoms with Crippen molar-refractivity contribution in [2.75, 3.05) is 61.0 Å². The summed E-state index contributed by atoms with van der Waals surface area (Å²) in [5, 5.41) is 3.03. The van der Waals surface area contributed by atoms with E-state index < -0.39 is 15.8 Å². The molecule has 29 heavy (non-hydrogen) atoms. The third-order valence-electron chi connectivity index (χ3n) is 6.05. The molecule has 1 aromatic rings. The molecule has 3 heterocycles. The van der Waals surface area contributed by atoms with Crippen LogP contribution in [-0.2, 0) is 14.6 Å². The van der Waals surface area contributed by atoms with Crippen LogP contribution >= 0.6 is 0 Å². The van der Waals surface area contributed by atoms with Gasteiger partial charge in [0, 0.05) is 39.3 Å². The molecule has 3 aliphatic heterocycles. The molecule has 0 radical (unpaired) electrons. The zero-order chi connectivity index (χ0) is 20.4. The van der Waals surface area contributed by atoms with Crippen LogP contribution in [0.4, 0.5) is 16.2 Å². The van der Waals surface area contributed by atoms with Gasteiger partial charge in [-0.2, -0.15) is 0 Å². The van der Waals surface area contributed by atoms with Crippen LogP contribution in [-0.4, -0.2) is 80.9 Å². The maximum absolute atomic E-state index is 12.8. The van der Waals surface area contributed by atoms with Gasteiger partial charge in [-0.05, 0) is 31.4 Å². The standard InChI is InChI=1S/C20H28N4O4S/c25-19(16-7-14-29(27,28)15-16)23-10-12-24(13-11-23)20(26)21-17-5-1-2-6-18(17)22-8-3-4-9-22/h1-2,5-6,16H,3-4,7-15H2,(H,21,26)/t16-/m1/s1. The molecule has 158 valence electrons. The van der Waals surface area contributed by atoms with Crippen LogP contribution in [0.25, 0.3) is 0 Å². The second-order valence-corrected chi connectivity index (χ2v) is 10.3. The number of nitrogens with zero attached hydrogens (tertiary/aromatic N) is 3. The van der Waals surface area contributed by atoms with E-state index in [1.807, 2.05) is 24.3 Å². The second kappa shape index (κ2) is 8.22. The maximum atomic E-state index is 12.8. The van der Waals surface area contributed by atoms with Gasteiger partial charge in [0.1, 0.15) is 0 Å². The first kappa shape index (κ1) is 20.0. The Morgan fingerprint density at radius 1 is 0.931 bits per heavy atom. The van der Waals surface area contributed by atoms with Crippen molar-refractivity contribution in [3.05, 3.63) is 24.3 Å². The number of sulfone groups is 1. The molecule has 0 bridgehead atoms. The molecule has 0 saturated carbocycles. The lowest BCUT2D eigenvalue weighted by molar-refractivity contribution is -0.136. The summed E-state index contributed by atoms with van der Waals surface area (Å²) in [5.41, 5.74) is 1.86. The smallest absolute Gasteiger partial charge is 0.322 e. The van der Waals surface area contributed by atoms with Gasteiger partial charge in [0.05, 0.1) is 28.8 Å². The first-order valence-corrected chi connectivity index (χ1v) is 12.1. The topological polar surface area (TPSA) is 90.0 Å². The number of anilines is 2. The summed E-state index contributed by atoms with van der Waals surface area (Å²) in [6.45, 7) is 3.79. The van der Waals surface area contributed by atoms with E-state index >= 15 is 0 Å². The predicted molar refractivity (Wildman–Crippen MR) is 112 cm³/mol. The first-order valence-electron chi connectivity index (χ1n) is 10.3. The lowest BCUT2D eigenvalue weighted by Gasteiger charge is -2.36. The number of piperazine rings is 1. The molecule has 9 heteroatoms. The molecule has 0 aromatic heterocycles. The summed E-state index contributed by atoms with van der Waals surface area (Å²) in [6, 6.07) is 7.70. The van der Waals surface area contributed by atoms with Crippen LogP contribution in [0.5, 0.6) is 0 Å². The highest BCUT2D eigenvalue weighted by Gasteiger charge is 2.36. The molecule has 1 aromatic carbocycles. The van der Waals surface area contributed by atoms with Crippen LogP contribution in [0.15, 0.2) is 24.3 Å². The van der Waals surface area contributed by atoms with Crippen molar-refractivity contribution in [3.63, 3.8) is 0 Å². The summed E-state index contributed by atoms with van der Waals surface area (Å²) in [7, 11) is -3.08. The van der Waals surface area contributed by atoms with Gasteiger partial charge >= 0.3 is 6.03 Å². The Balaban J connectivity index is 1.32. The van der Waals surface area contributed by atoms with E-state index in [4.69, 9.17) is 0 Å². The number of amides is 3. The Morgan fingerprint density at radius 3 is 2.24 bits per heavy atom. The minimum absolute atomic E-state index is 0.0418. The molecule has 3 fully saturated rings. The fourth-order valence-electron chi connectivity index (χ4n) is 4.39. The highest BCUT2D eigenvalue weighted by molar-refractivity contribution is 7.91. The Labute approximate surface area is 171 Å². The number of nitrogens with one attached hydrogen (secondary N) is 1. The van der Waals surface area contributed by atoms with Crippen molar-refractivity contribution in [1.82, 2.24) is 9.80 Å². The summed E-state index contributed by atoms with van der Waals surface area (Å²) in [5.74, 6) is -0.458. The van der Waals surface area contributed by atoms with Crippen molar-refractivity contribution < 1.29 is 18.0 Å². The predicted octanol–water partition coefficient (Wildman–Crippen LogP) is 1.40. The number of hydrogen-bond acceptors (Lipinski definition) is 5. The highest BCUT2D eigenvalue weighted by atomic mass is 32.2. The van der Waals surface area contributed by atoms with Gasteiger partial charge in [-0.3, -0.25) is 4.79 Å². The van der Waals surface area contributed by atoms with E-state index in [1.165, 1.54) is 12.8 Å². The monoisotopic (exact) mass is 420 g/mol. The van der Waals surface area contributed by atoms with Crippen molar-refractivity contribution in [1.29, 1.82) is 0 Å². The zero-order valence-corrected chi connectivity index (χ0v) is 17.4. The Morgan fingerprint density at radius 2 is 1.59 bits per heavy atom. The maximum Gasteiger partial charge on any atom is 0.322 e. The van der Waals surface area contributed by atoms with Crippen LogP contribution in [0.1, 0.15) is 19.3 Å². The Kier molecular flexibility index (Phi) is 5.67. The molecule has 0 aliphatic carbocycles. The van der Waals surface area contributed by atoms with E-state index in [0.717, 1.165) is 24.5 Å². The minimum atomic E-state index is -3.08. The van der Waals surface area contributed by atoms with Gasteiger partial charge in [0.2, 0.25) is 5.91 Å². The zero-order valence-electron chi connectivity index (χ0n) is 16.5. The van der Waals surface area contributed by atoms with Gasteiger partial charge in [0.25, 0.3) is 0 Å². The van der Waals surface area contributed by atoms with Gasteiger partial charge in [-0.15, -0.1) is 0 Å². The summed E-state index contributed by atoms with van der Waals surface area (Å²) >= 11 is 0. The van der Waals surface area contributed by atoms with Crippen molar-refractivity contribution >= 4 is 33.2 Å². The van der Waals surface area contributed by atoms with Gasteiger partial charge in [0.15, 0.2) is 9.84 Å². The van der Waals surface area contributed by atoms with Gasteiger partial charge in [-0.1, -0.05) is 12.1 Å². The number of hydrogen-bond donors (Lipinski definition) is 1. The lowest BCUT2D eigenvalue weighted by atomic mass is 10.1. The van der Waals surface area contributed by atoms with Gasteiger partial charge < -0.3 is 20.0 Å². The largest absolute Gasteiger partial charge is 0.370 e. The van der Waals surface area contributed by atoms with Crippen LogP contribution < -0.4 is 10.2 Å². The quantitative estimate of drug-likeness (QED) is 0.798. The minimum Gasteiger partial charge on any atom is -0.370 e. The fourth-order valence-corrected chi connectivity index (χ4v) is 6.12. The number of para-hydroxylation sites is 2.